The number of nitrogens with two attached hydrogens (primary N) is 1. The van der Waals surface area contributed by atoms with Gasteiger partial charge in [-0.3, -0.25) is 9.59 Å². The number of carbonyl (C=O) groups excluding carboxylic acids is 2. The molecule has 0 fully saturated rings. The van der Waals surface area contributed by atoms with E-state index >= 15 is 0 Å². The Kier molecular flexibility index (Phi) is 4.92. The van der Waals surface area contributed by atoms with Crippen molar-refractivity contribution >= 4 is 17.6 Å². The summed E-state index contributed by atoms with van der Waals surface area (Å²) in [7, 11) is 1.30. The van der Waals surface area contributed by atoms with E-state index in [0.717, 1.165) is 11.1 Å². The van der Waals surface area contributed by atoms with Gasteiger partial charge in [-0.15, -0.1) is 0 Å². The van der Waals surface area contributed by atoms with Crippen LogP contribution in [-0.4, -0.2) is 37.0 Å². The van der Waals surface area contributed by atoms with Crippen LogP contribution in [-0.2, 0) is 9.53 Å². The first-order chi connectivity index (χ1) is 8.90. The van der Waals surface area contributed by atoms with Gasteiger partial charge < -0.3 is 15.4 Å². The lowest BCUT2D eigenvalue weighted by molar-refractivity contribution is -0.141. The average molecular weight is 264 g/mol. The molecule has 5 heteroatoms. The molecule has 1 aromatic carbocycles. The fourth-order valence-electron chi connectivity index (χ4n) is 1.82. The quantitative estimate of drug-likeness (QED) is 0.661. The SMILES string of the molecule is CCN(CC(=O)OC)C(=O)c1cc(N)c(C)cc1C. The Hall–Kier alpha value is -2.04. The molecular weight excluding hydrogens is 244 g/mol. The lowest BCUT2D eigenvalue weighted by Crippen LogP contribution is -2.36. The number of methoxy groups -OCH3 is 1. The zero-order chi connectivity index (χ0) is 14.6. The second kappa shape index (κ2) is 6.22. The summed E-state index contributed by atoms with van der Waals surface area (Å²) >= 11 is 0. The number of nitrogens with zero attached hydrogens (tertiary/aromatic N) is 1. The minimum Gasteiger partial charge on any atom is -0.468 e. The lowest BCUT2D eigenvalue weighted by atomic mass is 10.0. The van der Waals surface area contributed by atoms with Gasteiger partial charge in [0.25, 0.3) is 5.91 Å². The molecule has 0 heterocycles. The van der Waals surface area contributed by atoms with Crippen LogP contribution >= 0.6 is 0 Å². The molecular formula is C14H20N2O3. The van der Waals surface area contributed by atoms with E-state index in [4.69, 9.17) is 5.73 Å². The van der Waals surface area contributed by atoms with Gasteiger partial charge in [-0.1, -0.05) is 6.07 Å². The Labute approximate surface area is 113 Å². The Morgan fingerprint density at radius 2 is 1.89 bits per heavy atom. The maximum atomic E-state index is 12.4. The maximum absolute atomic E-state index is 12.4. The van der Waals surface area contributed by atoms with Crippen molar-refractivity contribution in [3.8, 4) is 0 Å². The number of anilines is 1. The molecule has 0 unspecified atom stereocenters. The van der Waals surface area contributed by atoms with Crippen molar-refractivity contribution in [2.75, 3.05) is 25.9 Å². The van der Waals surface area contributed by atoms with Gasteiger partial charge in [0, 0.05) is 17.8 Å². The molecule has 1 rings (SSSR count). The summed E-state index contributed by atoms with van der Waals surface area (Å²) in [6.45, 7) is 5.93. The van der Waals surface area contributed by atoms with Gasteiger partial charge in [0.15, 0.2) is 0 Å². The van der Waals surface area contributed by atoms with E-state index in [1.807, 2.05) is 26.8 Å². The van der Waals surface area contributed by atoms with Crippen LogP contribution in [0.25, 0.3) is 0 Å². The molecule has 2 N–H and O–H groups in total. The van der Waals surface area contributed by atoms with Crippen molar-refractivity contribution in [2.24, 2.45) is 0 Å². The molecule has 1 amide bonds. The molecule has 0 saturated carbocycles. The van der Waals surface area contributed by atoms with E-state index in [9.17, 15) is 9.59 Å². The number of esters is 1. The molecule has 19 heavy (non-hydrogen) atoms. The first kappa shape index (κ1) is 15.0. The Morgan fingerprint density at radius 1 is 1.26 bits per heavy atom. The highest BCUT2D eigenvalue weighted by Gasteiger charge is 2.19. The van der Waals surface area contributed by atoms with E-state index in [0.29, 0.717) is 17.8 Å². The van der Waals surface area contributed by atoms with Crippen LogP contribution in [0.3, 0.4) is 0 Å². The number of hydrogen-bond donors (Lipinski definition) is 1. The van der Waals surface area contributed by atoms with Crippen molar-refractivity contribution in [3.63, 3.8) is 0 Å². The molecule has 0 aliphatic heterocycles. The van der Waals surface area contributed by atoms with Crippen molar-refractivity contribution in [3.05, 3.63) is 28.8 Å². The highest BCUT2D eigenvalue weighted by molar-refractivity contribution is 5.98. The zero-order valence-electron chi connectivity index (χ0n) is 11.8. The summed E-state index contributed by atoms with van der Waals surface area (Å²) in [6, 6.07) is 3.53. The van der Waals surface area contributed by atoms with E-state index in [1.54, 1.807) is 6.07 Å². The van der Waals surface area contributed by atoms with E-state index in [1.165, 1.54) is 12.0 Å². The average Bonchev–Trinajstić information content (AvgIpc) is 2.39. The number of nitrogen functional groups attached to an aromatic ring is 1. The van der Waals surface area contributed by atoms with Gasteiger partial charge in [-0.2, -0.15) is 0 Å². The number of carbonyl (C=O) groups is 2. The molecule has 1 aromatic rings. The van der Waals surface area contributed by atoms with Crippen molar-refractivity contribution in [1.82, 2.24) is 4.90 Å². The first-order valence-corrected chi connectivity index (χ1v) is 6.13. The molecule has 0 aliphatic rings. The molecule has 0 saturated heterocycles. The van der Waals surface area contributed by atoms with E-state index in [-0.39, 0.29) is 12.5 Å². The van der Waals surface area contributed by atoms with Gasteiger partial charge >= 0.3 is 5.97 Å². The monoisotopic (exact) mass is 264 g/mol. The summed E-state index contributed by atoms with van der Waals surface area (Å²) in [5.74, 6) is -0.648. The number of ether oxygens (including phenoxy) is 1. The second-order valence-electron chi connectivity index (χ2n) is 4.42. The predicted octanol–water partition coefficient (Wildman–Crippen LogP) is 1.52. The third-order valence-electron chi connectivity index (χ3n) is 3.06. The van der Waals surface area contributed by atoms with Crippen LogP contribution in [0.4, 0.5) is 5.69 Å². The molecule has 0 aromatic heterocycles. The summed E-state index contributed by atoms with van der Waals surface area (Å²) in [5, 5.41) is 0. The Bertz CT molecular complexity index is 498. The van der Waals surface area contributed by atoms with Gasteiger partial charge in [-0.25, -0.2) is 0 Å². The zero-order valence-corrected chi connectivity index (χ0v) is 11.8. The van der Waals surface area contributed by atoms with Crippen LogP contribution in [0.1, 0.15) is 28.4 Å². The van der Waals surface area contributed by atoms with Crippen LogP contribution in [0.5, 0.6) is 0 Å². The third-order valence-corrected chi connectivity index (χ3v) is 3.06. The van der Waals surface area contributed by atoms with Crippen LogP contribution in [0.15, 0.2) is 12.1 Å². The van der Waals surface area contributed by atoms with E-state index < -0.39 is 5.97 Å². The normalized spacial score (nSPS) is 10.1. The van der Waals surface area contributed by atoms with Crippen LogP contribution < -0.4 is 5.73 Å². The molecule has 5 nitrogen and oxygen atoms in total. The molecule has 104 valence electrons. The minimum atomic E-state index is -0.437. The van der Waals surface area contributed by atoms with Gasteiger partial charge in [0.1, 0.15) is 6.54 Å². The smallest absolute Gasteiger partial charge is 0.325 e. The number of likely N-dealkylation sites (N-methyl/N-ethyl adjacent to an activating group) is 1. The summed E-state index contributed by atoms with van der Waals surface area (Å²) in [4.78, 5) is 25.1. The molecule has 0 atom stereocenters. The van der Waals surface area contributed by atoms with Gasteiger partial charge in [0.05, 0.1) is 7.11 Å². The molecule has 0 bridgehead atoms. The standard InChI is InChI=1S/C14H20N2O3/c1-5-16(8-13(17)19-4)14(18)11-7-12(15)10(3)6-9(11)2/h6-7H,5,8,15H2,1-4H3. The van der Waals surface area contributed by atoms with E-state index in [2.05, 4.69) is 4.74 Å². The minimum absolute atomic E-state index is 0.0565. The highest BCUT2D eigenvalue weighted by atomic mass is 16.5. The topological polar surface area (TPSA) is 72.6 Å². The summed E-state index contributed by atoms with van der Waals surface area (Å²) < 4.78 is 4.58. The largest absolute Gasteiger partial charge is 0.468 e. The number of benzene rings is 1. The maximum Gasteiger partial charge on any atom is 0.325 e. The Morgan fingerprint density at radius 3 is 2.42 bits per heavy atom. The lowest BCUT2D eigenvalue weighted by Gasteiger charge is -2.21. The number of amides is 1. The molecule has 0 spiro atoms. The number of rotatable bonds is 4. The first-order valence-electron chi connectivity index (χ1n) is 6.13. The predicted molar refractivity (Wildman–Crippen MR) is 73.9 cm³/mol. The van der Waals surface area contributed by atoms with Crippen LogP contribution in [0, 0.1) is 13.8 Å². The molecule has 0 aliphatic carbocycles. The van der Waals surface area contributed by atoms with Crippen molar-refractivity contribution in [1.29, 1.82) is 0 Å². The summed E-state index contributed by atoms with van der Waals surface area (Å²) in [6.07, 6.45) is 0. The number of hydrogen-bond acceptors (Lipinski definition) is 4. The fourth-order valence-corrected chi connectivity index (χ4v) is 1.82. The van der Waals surface area contributed by atoms with Gasteiger partial charge in [-0.05, 0) is 38.0 Å². The number of aryl methyl sites for hydroxylation is 2. The van der Waals surface area contributed by atoms with Crippen LogP contribution in [0.2, 0.25) is 0 Å². The fraction of sp³-hybridized carbons (Fsp3) is 0.429. The summed E-state index contributed by atoms with van der Waals surface area (Å²) in [5.41, 5.74) is 8.71. The third kappa shape index (κ3) is 3.47. The Balaban J connectivity index is 3.04. The second-order valence-corrected chi connectivity index (χ2v) is 4.42. The van der Waals surface area contributed by atoms with Gasteiger partial charge in [0.2, 0.25) is 0 Å². The highest BCUT2D eigenvalue weighted by Crippen LogP contribution is 2.19. The van der Waals surface area contributed by atoms with Crippen molar-refractivity contribution < 1.29 is 14.3 Å². The molecule has 0 radical (unpaired) electrons. The van der Waals surface area contributed by atoms with Crippen molar-refractivity contribution in [2.45, 2.75) is 20.8 Å².